The smallest absolute Gasteiger partial charge is 0.265 e. The number of anilines is 2. The summed E-state index contributed by atoms with van der Waals surface area (Å²) in [6.45, 7) is 7.75. The third-order valence-electron chi connectivity index (χ3n) is 10.6. The fraction of sp³-hybridized carbons (Fsp3) is 0.200. The van der Waals surface area contributed by atoms with Crippen molar-refractivity contribution in [2.24, 2.45) is 11.8 Å². The minimum atomic E-state index is -0.583. The third kappa shape index (κ3) is 3.31. The van der Waals surface area contributed by atoms with Crippen molar-refractivity contribution < 1.29 is 19.2 Å². The number of carbonyl (C=O) groups is 4. The molecule has 0 radical (unpaired) electrons. The van der Waals surface area contributed by atoms with Crippen molar-refractivity contribution >= 4 is 40.6 Å². The summed E-state index contributed by atoms with van der Waals surface area (Å²) < 4.78 is 0. The maximum atomic E-state index is 14.1. The zero-order valence-electron chi connectivity index (χ0n) is 25.9. The van der Waals surface area contributed by atoms with E-state index in [1.54, 1.807) is 0 Å². The maximum absolute atomic E-state index is 14.1. The summed E-state index contributed by atoms with van der Waals surface area (Å²) in [5, 5.41) is 0. The number of amides is 4. The molecule has 2 heterocycles. The van der Waals surface area contributed by atoms with E-state index in [9.17, 15) is 19.2 Å². The molecule has 4 aliphatic carbocycles. The minimum absolute atomic E-state index is 0.194. The van der Waals surface area contributed by atoms with Gasteiger partial charge in [0.1, 0.15) is 0 Å². The molecule has 4 atom stereocenters. The topological polar surface area (TPSA) is 74.8 Å². The highest BCUT2D eigenvalue weighted by atomic mass is 16.2. The van der Waals surface area contributed by atoms with E-state index >= 15 is 0 Å². The highest BCUT2D eigenvalue weighted by molar-refractivity contribution is 6.28. The summed E-state index contributed by atoms with van der Waals surface area (Å²) in [5.74, 6) is -2.74. The van der Waals surface area contributed by atoms with Gasteiger partial charge in [-0.1, -0.05) is 66.8 Å². The SMILES string of the molecule is Cc1ccc(C)c(N2C(=O)c3ccc4c5c3C(C=CC5C3=CC=C5C(=O)N(c6cc(C)ccc6C)C(=O)C6C=CC4=C3C56)C2=O)c1. The number of imide groups is 2. The quantitative estimate of drug-likeness (QED) is 0.238. The van der Waals surface area contributed by atoms with E-state index in [0.717, 1.165) is 55.7 Å². The number of fused-ring (bicyclic) bond motifs is 2. The molecule has 4 unspecified atom stereocenters. The maximum Gasteiger partial charge on any atom is 0.265 e. The molecule has 4 amide bonds. The Hall–Kier alpha value is -5.36. The second-order valence-corrected chi connectivity index (χ2v) is 13.3. The first kappa shape index (κ1) is 27.0. The predicted molar refractivity (Wildman–Crippen MR) is 176 cm³/mol. The number of aryl methyl sites for hydroxylation is 4. The van der Waals surface area contributed by atoms with Gasteiger partial charge in [0.25, 0.3) is 11.8 Å². The molecule has 9 rings (SSSR count). The molecule has 0 saturated carbocycles. The normalized spacial score (nSPS) is 25.0. The first-order valence-electron chi connectivity index (χ1n) is 15.8. The van der Waals surface area contributed by atoms with Gasteiger partial charge in [0.05, 0.1) is 23.2 Å². The lowest BCUT2D eigenvalue weighted by Gasteiger charge is -2.47. The number of carbonyl (C=O) groups excluding carboxylic acids is 4. The monoisotopic (exact) mass is 602 g/mol. The fourth-order valence-corrected chi connectivity index (χ4v) is 8.46. The van der Waals surface area contributed by atoms with Crippen LogP contribution in [0.3, 0.4) is 0 Å². The number of nitrogens with zero attached hydrogens (tertiary/aromatic N) is 2. The second kappa shape index (κ2) is 9.10. The van der Waals surface area contributed by atoms with Crippen molar-refractivity contribution in [2.75, 3.05) is 9.80 Å². The molecule has 6 heteroatoms. The van der Waals surface area contributed by atoms with Crippen LogP contribution in [0.15, 0.2) is 102 Å². The molecule has 6 aliphatic rings. The van der Waals surface area contributed by atoms with E-state index in [0.29, 0.717) is 22.5 Å². The molecular weight excluding hydrogens is 572 g/mol. The van der Waals surface area contributed by atoms with Gasteiger partial charge in [0, 0.05) is 23.0 Å². The van der Waals surface area contributed by atoms with Gasteiger partial charge in [-0.15, -0.1) is 0 Å². The molecule has 0 aromatic heterocycles. The number of piperidine rings is 1. The van der Waals surface area contributed by atoms with E-state index in [2.05, 4.69) is 6.08 Å². The van der Waals surface area contributed by atoms with E-state index in [4.69, 9.17) is 0 Å². The molecule has 2 aliphatic heterocycles. The van der Waals surface area contributed by atoms with Crippen LogP contribution in [0.1, 0.15) is 61.1 Å². The Morgan fingerprint density at radius 3 is 1.87 bits per heavy atom. The number of hydrogen-bond donors (Lipinski definition) is 0. The summed E-state index contributed by atoms with van der Waals surface area (Å²) in [5.41, 5.74) is 11.8. The molecule has 6 nitrogen and oxygen atoms in total. The van der Waals surface area contributed by atoms with Gasteiger partial charge in [-0.2, -0.15) is 0 Å². The lowest BCUT2D eigenvalue weighted by molar-refractivity contribution is -0.129. The van der Waals surface area contributed by atoms with Gasteiger partial charge in [-0.3, -0.25) is 19.2 Å². The Bertz CT molecular complexity index is 2210. The molecule has 224 valence electrons. The molecule has 3 aromatic carbocycles. The van der Waals surface area contributed by atoms with Gasteiger partial charge in [0.2, 0.25) is 11.8 Å². The Labute approximate surface area is 266 Å². The number of benzene rings is 3. The van der Waals surface area contributed by atoms with Crippen LogP contribution in [0, 0.1) is 39.5 Å². The van der Waals surface area contributed by atoms with Crippen molar-refractivity contribution in [3.05, 3.63) is 146 Å². The van der Waals surface area contributed by atoms with Crippen LogP contribution in [0.2, 0.25) is 0 Å². The van der Waals surface area contributed by atoms with E-state index in [-0.39, 0.29) is 35.5 Å². The van der Waals surface area contributed by atoms with Gasteiger partial charge in [-0.05, 0) is 102 Å². The lowest BCUT2D eigenvalue weighted by atomic mass is 9.58. The van der Waals surface area contributed by atoms with Crippen molar-refractivity contribution in [3.8, 4) is 0 Å². The van der Waals surface area contributed by atoms with Crippen LogP contribution in [0.25, 0.3) is 5.57 Å². The van der Waals surface area contributed by atoms with E-state index in [1.807, 2.05) is 107 Å². The molecule has 46 heavy (non-hydrogen) atoms. The molecule has 3 aromatic rings. The number of hydrogen-bond acceptors (Lipinski definition) is 4. The Balaban J connectivity index is 1.20. The molecule has 0 spiro atoms. The largest absolute Gasteiger partial charge is 0.273 e. The van der Waals surface area contributed by atoms with Crippen molar-refractivity contribution in [3.63, 3.8) is 0 Å². The predicted octanol–water partition coefficient (Wildman–Crippen LogP) is 6.85. The summed E-state index contributed by atoms with van der Waals surface area (Å²) in [6.07, 6.45) is 11.9. The summed E-state index contributed by atoms with van der Waals surface area (Å²) in [7, 11) is 0. The van der Waals surface area contributed by atoms with Crippen LogP contribution >= 0.6 is 0 Å². The highest BCUT2D eigenvalue weighted by Crippen LogP contribution is 2.58. The molecule has 0 bridgehead atoms. The van der Waals surface area contributed by atoms with Crippen LogP contribution in [0.5, 0.6) is 0 Å². The average molecular weight is 603 g/mol. The Morgan fingerprint density at radius 2 is 1.17 bits per heavy atom. The minimum Gasteiger partial charge on any atom is -0.273 e. The van der Waals surface area contributed by atoms with E-state index in [1.165, 1.54) is 9.80 Å². The molecule has 0 N–H and O–H groups in total. The highest BCUT2D eigenvalue weighted by Gasteiger charge is 2.53. The first-order chi connectivity index (χ1) is 22.2. The first-order valence-corrected chi connectivity index (χ1v) is 15.8. The van der Waals surface area contributed by atoms with Gasteiger partial charge in [0.15, 0.2) is 0 Å². The number of rotatable bonds is 2. The molecule has 1 saturated heterocycles. The third-order valence-corrected chi connectivity index (χ3v) is 10.6. The summed E-state index contributed by atoms with van der Waals surface area (Å²) in [6, 6.07) is 15.5. The van der Waals surface area contributed by atoms with E-state index < -0.39 is 11.8 Å². The van der Waals surface area contributed by atoms with Crippen molar-refractivity contribution in [1.82, 2.24) is 0 Å². The summed E-state index contributed by atoms with van der Waals surface area (Å²) >= 11 is 0. The van der Waals surface area contributed by atoms with Crippen molar-refractivity contribution in [1.29, 1.82) is 0 Å². The summed E-state index contributed by atoms with van der Waals surface area (Å²) in [4.78, 5) is 59.2. The fourth-order valence-electron chi connectivity index (χ4n) is 8.46. The Kier molecular flexibility index (Phi) is 5.34. The van der Waals surface area contributed by atoms with Gasteiger partial charge < -0.3 is 0 Å². The lowest BCUT2D eigenvalue weighted by Crippen LogP contribution is -2.52. The van der Waals surface area contributed by atoms with Crippen LogP contribution in [-0.4, -0.2) is 23.6 Å². The zero-order chi connectivity index (χ0) is 31.8. The number of allylic oxidation sites excluding steroid dienone is 7. The van der Waals surface area contributed by atoms with Gasteiger partial charge in [-0.25, -0.2) is 9.80 Å². The molecular formula is C40H30N2O4. The average Bonchev–Trinajstić information content (AvgIpc) is 3.05. The standard InChI is InChI=1S/C40H30N2O4/c1-19-5-7-21(3)31(17-19)41-37(43)27-13-9-23-25-11-15-29-36-30(40(46)42(39(29)45)32-18-20(2)6-8-22(32)4)16-12-26(34(25)36)24-10-14-28(38(41)44)35(27)33(23)24/h5-18,23,27,30,36H,1-4H3. The Morgan fingerprint density at radius 1 is 0.587 bits per heavy atom. The van der Waals surface area contributed by atoms with Crippen LogP contribution in [0.4, 0.5) is 11.4 Å². The van der Waals surface area contributed by atoms with Gasteiger partial charge >= 0.3 is 0 Å². The second-order valence-electron chi connectivity index (χ2n) is 13.3. The molecule has 1 fully saturated rings. The van der Waals surface area contributed by atoms with Crippen LogP contribution < -0.4 is 9.80 Å². The van der Waals surface area contributed by atoms with Crippen LogP contribution in [-0.2, 0) is 14.4 Å². The van der Waals surface area contributed by atoms with Crippen molar-refractivity contribution in [2.45, 2.75) is 39.5 Å². The zero-order valence-corrected chi connectivity index (χ0v) is 25.9.